The van der Waals surface area contributed by atoms with E-state index in [0.717, 1.165) is 10.8 Å². The maximum absolute atomic E-state index is 12.3. The van der Waals surface area contributed by atoms with E-state index in [2.05, 4.69) is 10.5 Å². The number of ether oxygens (including phenoxy) is 1. The van der Waals surface area contributed by atoms with Crippen molar-refractivity contribution in [3.8, 4) is 17.2 Å². The molecule has 3 aromatic carbocycles. The zero-order chi connectivity index (χ0) is 18.7. The van der Waals surface area contributed by atoms with E-state index in [1.54, 1.807) is 24.3 Å². The van der Waals surface area contributed by atoms with Crippen LogP contribution in [0.25, 0.3) is 10.8 Å². The van der Waals surface area contributed by atoms with E-state index < -0.39 is 5.91 Å². The van der Waals surface area contributed by atoms with Crippen molar-refractivity contribution in [2.75, 3.05) is 7.11 Å². The molecular weight excluding hydrogens is 447 g/mol. The lowest BCUT2D eigenvalue weighted by atomic mass is 10.1. The number of carbonyl (C=O) groups is 1. The van der Waals surface area contributed by atoms with Crippen molar-refractivity contribution in [1.29, 1.82) is 0 Å². The van der Waals surface area contributed by atoms with Gasteiger partial charge in [0, 0.05) is 0 Å². The Bertz CT molecular complexity index is 1020. The number of hydrogen-bond donors (Lipinski definition) is 3. The first-order valence-electron chi connectivity index (χ1n) is 7.61. The van der Waals surface area contributed by atoms with Crippen LogP contribution in [-0.2, 0) is 0 Å². The molecule has 132 valence electrons. The fourth-order valence-corrected chi connectivity index (χ4v) is 3.09. The summed E-state index contributed by atoms with van der Waals surface area (Å²) < 4.78 is 5.68. The Morgan fingerprint density at radius 1 is 1.15 bits per heavy atom. The largest absolute Gasteiger partial charge is 0.507 e. The number of fused-ring (bicyclic) bond motifs is 1. The number of phenolic OH excluding ortho intramolecular Hbond substituents is 2. The first-order valence-corrected chi connectivity index (χ1v) is 8.69. The topological polar surface area (TPSA) is 91.2 Å². The van der Waals surface area contributed by atoms with E-state index in [1.807, 2.05) is 46.9 Å². The Morgan fingerprint density at radius 2 is 1.85 bits per heavy atom. The Morgan fingerprint density at radius 3 is 2.54 bits per heavy atom. The number of benzene rings is 3. The third kappa shape index (κ3) is 3.72. The van der Waals surface area contributed by atoms with Crippen LogP contribution in [0.4, 0.5) is 0 Å². The normalized spacial score (nSPS) is 11.0. The second-order valence-electron chi connectivity index (χ2n) is 5.47. The van der Waals surface area contributed by atoms with Crippen molar-refractivity contribution in [3.63, 3.8) is 0 Å². The molecule has 0 fully saturated rings. The Labute approximate surface area is 163 Å². The molecule has 3 N–H and O–H groups in total. The lowest BCUT2D eigenvalue weighted by Crippen LogP contribution is -2.17. The highest BCUT2D eigenvalue weighted by atomic mass is 127. The lowest BCUT2D eigenvalue weighted by Gasteiger charge is -2.07. The minimum absolute atomic E-state index is 0.0513. The highest BCUT2D eigenvalue weighted by molar-refractivity contribution is 14.1. The summed E-state index contributed by atoms with van der Waals surface area (Å²) in [6.07, 6.45) is 1.43. The molecule has 3 rings (SSSR count). The monoisotopic (exact) mass is 462 g/mol. The summed E-state index contributed by atoms with van der Waals surface area (Å²) in [6, 6.07) is 13.9. The Kier molecular flexibility index (Phi) is 5.27. The molecule has 0 atom stereocenters. The molecule has 6 nitrogen and oxygen atoms in total. The number of rotatable bonds is 4. The molecule has 0 saturated heterocycles. The van der Waals surface area contributed by atoms with E-state index in [4.69, 9.17) is 4.74 Å². The molecule has 0 heterocycles. The van der Waals surface area contributed by atoms with Gasteiger partial charge in [-0.25, -0.2) is 5.43 Å². The summed E-state index contributed by atoms with van der Waals surface area (Å²) in [6.45, 7) is 0. The highest BCUT2D eigenvalue weighted by Gasteiger charge is 2.12. The molecule has 0 radical (unpaired) electrons. The third-order valence-corrected chi connectivity index (χ3v) is 4.58. The summed E-state index contributed by atoms with van der Waals surface area (Å²) in [5, 5.41) is 25.5. The summed E-state index contributed by atoms with van der Waals surface area (Å²) >= 11 is 1.97. The minimum Gasteiger partial charge on any atom is -0.507 e. The van der Waals surface area contributed by atoms with Gasteiger partial charge in [-0.05, 0) is 63.2 Å². The van der Waals surface area contributed by atoms with Crippen LogP contribution in [-0.4, -0.2) is 29.4 Å². The van der Waals surface area contributed by atoms with E-state index in [9.17, 15) is 15.0 Å². The second kappa shape index (κ2) is 7.61. The number of carbonyl (C=O) groups excluding carboxylic acids is 1. The van der Waals surface area contributed by atoms with Crippen molar-refractivity contribution >= 4 is 45.5 Å². The van der Waals surface area contributed by atoms with Crippen molar-refractivity contribution in [3.05, 3.63) is 63.2 Å². The van der Waals surface area contributed by atoms with E-state index in [0.29, 0.717) is 14.9 Å². The Hall–Kier alpha value is -2.81. The predicted molar refractivity (Wildman–Crippen MR) is 108 cm³/mol. The van der Waals surface area contributed by atoms with Crippen molar-refractivity contribution in [2.45, 2.75) is 0 Å². The average Bonchev–Trinajstić information content (AvgIpc) is 2.63. The summed E-state index contributed by atoms with van der Waals surface area (Å²) in [4.78, 5) is 12.3. The molecule has 0 bridgehead atoms. The van der Waals surface area contributed by atoms with Gasteiger partial charge in [-0.3, -0.25) is 4.79 Å². The van der Waals surface area contributed by atoms with E-state index in [1.165, 1.54) is 13.3 Å². The molecule has 0 spiro atoms. The number of halogens is 1. The molecule has 0 unspecified atom stereocenters. The van der Waals surface area contributed by atoms with E-state index >= 15 is 0 Å². The number of nitrogens with one attached hydrogen (secondary N) is 1. The molecular formula is C19H15IN2O4. The van der Waals surface area contributed by atoms with Crippen LogP contribution in [0.15, 0.2) is 53.6 Å². The fourth-order valence-electron chi connectivity index (χ4n) is 2.46. The van der Waals surface area contributed by atoms with Gasteiger partial charge in [-0.15, -0.1) is 0 Å². The predicted octanol–water partition coefficient (Wildman–Crippen LogP) is 3.63. The molecule has 0 aliphatic rings. The van der Waals surface area contributed by atoms with Crippen LogP contribution in [0.1, 0.15) is 15.9 Å². The van der Waals surface area contributed by atoms with Crippen molar-refractivity contribution < 1.29 is 19.7 Å². The maximum Gasteiger partial charge on any atom is 0.275 e. The first kappa shape index (κ1) is 18.0. The number of aromatic hydroxyl groups is 2. The quantitative estimate of drug-likeness (QED) is 0.314. The summed E-state index contributed by atoms with van der Waals surface area (Å²) in [7, 11) is 1.45. The van der Waals surface area contributed by atoms with Gasteiger partial charge in [0.1, 0.15) is 5.75 Å². The molecule has 0 aromatic heterocycles. The van der Waals surface area contributed by atoms with Gasteiger partial charge in [0.05, 0.1) is 22.5 Å². The van der Waals surface area contributed by atoms with Crippen molar-refractivity contribution in [2.24, 2.45) is 5.10 Å². The zero-order valence-electron chi connectivity index (χ0n) is 13.7. The van der Waals surface area contributed by atoms with Crippen LogP contribution in [0, 0.1) is 3.57 Å². The molecule has 3 aromatic rings. The Balaban J connectivity index is 1.80. The smallest absolute Gasteiger partial charge is 0.275 e. The maximum atomic E-state index is 12.3. The van der Waals surface area contributed by atoms with Crippen LogP contribution < -0.4 is 10.2 Å². The van der Waals surface area contributed by atoms with Gasteiger partial charge < -0.3 is 14.9 Å². The van der Waals surface area contributed by atoms with Crippen LogP contribution in [0.2, 0.25) is 0 Å². The number of nitrogens with zero attached hydrogens (tertiary/aromatic N) is 1. The van der Waals surface area contributed by atoms with Gasteiger partial charge in [-0.1, -0.05) is 24.3 Å². The van der Waals surface area contributed by atoms with Gasteiger partial charge in [0.25, 0.3) is 5.91 Å². The van der Waals surface area contributed by atoms with Crippen LogP contribution >= 0.6 is 22.6 Å². The van der Waals surface area contributed by atoms with Gasteiger partial charge in [-0.2, -0.15) is 5.10 Å². The number of phenols is 2. The molecule has 1 amide bonds. The van der Waals surface area contributed by atoms with Gasteiger partial charge >= 0.3 is 0 Å². The molecule has 0 aliphatic carbocycles. The fraction of sp³-hybridized carbons (Fsp3) is 0.0526. The highest BCUT2D eigenvalue weighted by Crippen LogP contribution is 2.31. The minimum atomic E-state index is -0.523. The van der Waals surface area contributed by atoms with Crippen LogP contribution in [0.5, 0.6) is 17.2 Å². The second-order valence-corrected chi connectivity index (χ2v) is 6.63. The first-order chi connectivity index (χ1) is 12.5. The molecule has 0 aliphatic heterocycles. The van der Waals surface area contributed by atoms with Gasteiger partial charge in [0.2, 0.25) is 0 Å². The third-order valence-electron chi connectivity index (χ3n) is 3.76. The number of hydrazone groups is 1. The molecule has 7 heteroatoms. The van der Waals surface area contributed by atoms with Crippen molar-refractivity contribution in [1.82, 2.24) is 5.43 Å². The standard InChI is InChI=1S/C19H15IN2O4/c1-26-17-7-11(6-15(20)18(17)24)10-21-22-19(25)14-8-12-4-2-3-5-13(12)9-16(14)23/h2-10,23-24H,1H3,(H,22,25)/b21-10+. The summed E-state index contributed by atoms with van der Waals surface area (Å²) in [5.41, 5.74) is 3.17. The molecule has 0 saturated carbocycles. The number of methoxy groups -OCH3 is 1. The number of hydrogen-bond acceptors (Lipinski definition) is 5. The van der Waals surface area contributed by atoms with Crippen LogP contribution in [0.3, 0.4) is 0 Å². The summed E-state index contributed by atoms with van der Waals surface area (Å²) in [5.74, 6) is -0.269. The lowest BCUT2D eigenvalue weighted by molar-refractivity contribution is 0.0952. The molecule has 26 heavy (non-hydrogen) atoms. The SMILES string of the molecule is COc1cc(/C=N/NC(=O)c2cc3ccccc3cc2O)cc(I)c1O. The zero-order valence-corrected chi connectivity index (χ0v) is 15.9. The average molecular weight is 462 g/mol. The van der Waals surface area contributed by atoms with Gasteiger partial charge in [0.15, 0.2) is 11.5 Å². The van der Waals surface area contributed by atoms with E-state index in [-0.39, 0.29) is 17.1 Å². The number of amides is 1.